The number of hydroxylamine groups is 1. The van der Waals surface area contributed by atoms with Crippen molar-refractivity contribution in [1.29, 1.82) is 5.26 Å². The minimum absolute atomic E-state index is 0.0943. The molecule has 0 aliphatic heterocycles. The Balaban J connectivity index is 3.29. The van der Waals surface area contributed by atoms with Gasteiger partial charge in [0.15, 0.2) is 0 Å². The number of amides is 1. The van der Waals surface area contributed by atoms with Crippen LogP contribution in [0.25, 0.3) is 0 Å². The zero-order valence-corrected chi connectivity index (χ0v) is 7.30. The molecule has 15 heavy (non-hydrogen) atoms. The Morgan fingerprint density at radius 1 is 1.60 bits per heavy atom. The van der Waals surface area contributed by atoms with E-state index in [4.69, 9.17) is 10.5 Å². The van der Waals surface area contributed by atoms with Crippen LogP contribution >= 0.6 is 0 Å². The van der Waals surface area contributed by atoms with Crippen molar-refractivity contribution in [2.75, 3.05) is 0 Å². The van der Waals surface area contributed by atoms with E-state index in [9.17, 15) is 14.9 Å². The van der Waals surface area contributed by atoms with Gasteiger partial charge < -0.3 is 0 Å². The smallest absolute Gasteiger partial charge is 0.287 e. The number of nitro groups is 1. The van der Waals surface area contributed by atoms with Gasteiger partial charge in [-0.15, -0.1) is 0 Å². The SMILES string of the molecule is N#Cc1ccc(C(=O)NO)cc1[N+](=O)[O-]. The second kappa shape index (κ2) is 4.17. The van der Waals surface area contributed by atoms with Crippen molar-refractivity contribution < 1.29 is 14.9 Å². The zero-order chi connectivity index (χ0) is 11.4. The molecule has 0 radical (unpaired) electrons. The molecule has 0 aliphatic rings. The molecule has 0 saturated carbocycles. The van der Waals surface area contributed by atoms with Gasteiger partial charge in [-0.2, -0.15) is 5.26 Å². The van der Waals surface area contributed by atoms with Gasteiger partial charge in [-0.3, -0.25) is 20.1 Å². The number of nitriles is 1. The van der Waals surface area contributed by atoms with Gasteiger partial charge in [0, 0.05) is 11.6 Å². The number of benzene rings is 1. The number of nitro benzene ring substituents is 1. The van der Waals surface area contributed by atoms with Crippen molar-refractivity contribution in [2.24, 2.45) is 0 Å². The van der Waals surface area contributed by atoms with Crippen LogP contribution in [0.2, 0.25) is 0 Å². The van der Waals surface area contributed by atoms with Crippen molar-refractivity contribution in [3.8, 4) is 6.07 Å². The molecule has 0 heterocycles. The lowest BCUT2D eigenvalue weighted by Gasteiger charge is -1.99. The van der Waals surface area contributed by atoms with E-state index in [1.54, 1.807) is 6.07 Å². The first-order valence-corrected chi connectivity index (χ1v) is 3.73. The van der Waals surface area contributed by atoms with E-state index in [-0.39, 0.29) is 11.1 Å². The number of nitrogens with one attached hydrogen (secondary N) is 1. The normalized spacial score (nSPS) is 9.07. The molecule has 0 spiro atoms. The molecule has 1 amide bonds. The lowest BCUT2D eigenvalue weighted by Crippen LogP contribution is -2.18. The standard InChI is InChI=1S/C8H5N3O4/c9-4-6-2-1-5(8(12)10-13)3-7(6)11(14)15/h1-3,13H,(H,10,12). The quantitative estimate of drug-likeness (QED) is 0.418. The maximum atomic E-state index is 10.9. The monoisotopic (exact) mass is 207 g/mol. The van der Waals surface area contributed by atoms with E-state index >= 15 is 0 Å². The van der Waals surface area contributed by atoms with Crippen LogP contribution in [0.3, 0.4) is 0 Å². The van der Waals surface area contributed by atoms with Crippen molar-refractivity contribution >= 4 is 11.6 Å². The highest BCUT2D eigenvalue weighted by Crippen LogP contribution is 2.19. The molecule has 0 aliphatic carbocycles. The number of nitrogens with zero attached hydrogens (tertiary/aromatic N) is 2. The number of hydrogen-bond acceptors (Lipinski definition) is 5. The molecule has 7 heteroatoms. The summed E-state index contributed by atoms with van der Waals surface area (Å²) < 4.78 is 0. The van der Waals surface area contributed by atoms with Gasteiger partial charge >= 0.3 is 0 Å². The van der Waals surface area contributed by atoms with Crippen LogP contribution in [-0.4, -0.2) is 16.0 Å². The lowest BCUT2D eigenvalue weighted by atomic mass is 10.1. The predicted octanol–water partition coefficient (Wildman–Crippen LogP) is 0.585. The van der Waals surface area contributed by atoms with Crippen LogP contribution < -0.4 is 5.48 Å². The molecule has 2 N–H and O–H groups in total. The molecule has 1 rings (SSSR count). The summed E-state index contributed by atoms with van der Waals surface area (Å²) in [7, 11) is 0. The molecule has 1 aromatic carbocycles. The fourth-order valence-electron chi connectivity index (χ4n) is 0.983. The summed E-state index contributed by atoms with van der Waals surface area (Å²) in [4.78, 5) is 20.7. The predicted molar refractivity (Wildman–Crippen MR) is 47.1 cm³/mol. The van der Waals surface area contributed by atoms with Gasteiger partial charge in [0.1, 0.15) is 11.6 Å². The van der Waals surface area contributed by atoms with Crippen molar-refractivity contribution in [3.05, 3.63) is 39.4 Å². The van der Waals surface area contributed by atoms with E-state index in [1.807, 2.05) is 0 Å². The van der Waals surface area contributed by atoms with Crippen molar-refractivity contribution in [2.45, 2.75) is 0 Å². The summed E-state index contributed by atoms with van der Waals surface area (Å²) in [5.41, 5.74) is 0.629. The van der Waals surface area contributed by atoms with Gasteiger partial charge in [0.2, 0.25) is 0 Å². The molecular formula is C8H5N3O4. The number of carbonyl (C=O) groups excluding carboxylic acids is 1. The summed E-state index contributed by atoms with van der Waals surface area (Å²) in [5.74, 6) is -0.873. The fraction of sp³-hybridized carbons (Fsp3) is 0. The molecule has 0 bridgehead atoms. The summed E-state index contributed by atoms with van der Waals surface area (Å²) in [6, 6.07) is 4.89. The maximum absolute atomic E-state index is 10.9. The van der Waals surface area contributed by atoms with Gasteiger partial charge in [-0.05, 0) is 12.1 Å². The second-order valence-electron chi connectivity index (χ2n) is 2.54. The van der Waals surface area contributed by atoms with Crippen LogP contribution in [0.15, 0.2) is 18.2 Å². The van der Waals surface area contributed by atoms with Crippen LogP contribution in [-0.2, 0) is 0 Å². The Morgan fingerprint density at radius 3 is 2.73 bits per heavy atom. The average Bonchev–Trinajstić information content (AvgIpc) is 2.27. The average molecular weight is 207 g/mol. The highest BCUT2D eigenvalue weighted by atomic mass is 16.6. The summed E-state index contributed by atoms with van der Waals surface area (Å²) in [6.45, 7) is 0. The third-order valence-electron chi connectivity index (χ3n) is 1.68. The van der Waals surface area contributed by atoms with E-state index < -0.39 is 16.5 Å². The Kier molecular flexibility index (Phi) is 2.95. The molecular weight excluding hydrogens is 202 g/mol. The number of carbonyl (C=O) groups is 1. The third kappa shape index (κ3) is 2.07. The van der Waals surface area contributed by atoms with Crippen molar-refractivity contribution in [1.82, 2.24) is 5.48 Å². The number of hydrogen-bond donors (Lipinski definition) is 2. The highest BCUT2D eigenvalue weighted by molar-refractivity contribution is 5.94. The molecule has 7 nitrogen and oxygen atoms in total. The van der Waals surface area contributed by atoms with Crippen LogP contribution in [0.4, 0.5) is 5.69 Å². The molecule has 0 aromatic heterocycles. The first-order chi connectivity index (χ1) is 7.10. The summed E-state index contributed by atoms with van der Waals surface area (Å²) >= 11 is 0. The number of rotatable bonds is 2. The van der Waals surface area contributed by atoms with E-state index in [0.29, 0.717) is 0 Å². The molecule has 76 valence electrons. The molecule has 0 saturated heterocycles. The molecule has 0 fully saturated rings. The maximum Gasteiger partial charge on any atom is 0.287 e. The van der Waals surface area contributed by atoms with Gasteiger partial charge in [-0.25, -0.2) is 5.48 Å². The van der Waals surface area contributed by atoms with Crippen LogP contribution in [0.1, 0.15) is 15.9 Å². The Hall–Kier alpha value is -2.46. The highest BCUT2D eigenvalue weighted by Gasteiger charge is 2.16. The van der Waals surface area contributed by atoms with Gasteiger partial charge in [-0.1, -0.05) is 0 Å². The van der Waals surface area contributed by atoms with E-state index in [0.717, 1.165) is 12.1 Å². The lowest BCUT2D eigenvalue weighted by molar-refractivity contribution is -0.385. The second-order valence-corrected chi connectivity index (χ2v) is 2.54. The first-order valence-electron chi connectivity index (χ1n) is 3.73. The summed E-state index contributed by atoms with van der Waals surface area (Å²) in [6.07, 6.45) is 0. The first kappa shape index (κ1) is 10.6. The Morgan fingerprint density at radius 2 is 2.27 bits per heavy atom. The molecule has 1 aromatic rings. The van der Waals surface area contributed by atoms with Crippen LogP contribution in [0.5, 0.6) is 0 Å². The topological polar surface area (TPSA) is 116 Å². The fourth-order valence-corrected chi connectivity index (χ4v) is 0.983. The van der Waals surface area contributed by atoms with E-state index in [1.165, 1.54) is 11.5 Å². The van der Waals surface area contributed by atoms with E-state index in [2.05, 4.69) is 0 Å². The van der Waals surface area contributed by atoms with Crippen molar-refractivity contribution in [3.63, 3.8) is 0 Å². The molecule has 0 unspecified atom stereocenters. The minimum Gasteiger partial charge on any atom is -0.288 e. The largest absolute Gasteiger partial charge is 0.288 e. The summed E-state index contributed by atoms with van der Waals surface area (Å²) in [5, 5.41) is 27.4. The van der Waals surface area contributed by atoms with Gasteiger partial charge in [0.05, 0.1) is 4.92 Å². The third-order valence-corrected chi connectivity index (χ3v) is 1.68. The Bertz CT molecular complexity index is 463. The minimum atomic E-state index is -0.873. The Labute approximate surface area is 83.7 Å². The van der Waals surface area contributed by atoms with Crippen LogP contribution in [0, 0.1) is 21.4 Å². The molecule has 0 atom stereocenters. The zero-order valence-electron chi connectivity index (χ0n) is 7.30. The van der Waals surface area contributed by atoms with Gasteiger partial charge in [0.25, 0.3) is 11.6 Å².